The number of nitrogens with one attached hydrogen (secondary N) is 2. The number of carbonyl (C=O) groups is 4. The first kappa shape index (κ1) is 50.1. The van der Waals surface area contributed by atoms with Gasteiger partial charge in [0.1, 0.15) is 79.2 Å². The van der Waals surface area contributed by atoms with Crippen molar-refractivity contribution >= 4 is 44.6 Å². The van der Waals surface area contributed by atoms with Crippen molar-refractivity contribution in [2.45, 2.75) is 124 Å². The van der Waals surface area contributed by atoms with Gasteiger partial charge in [-0.25, -0.2) is 18.0 Å². The monoisotopic (exact) mass is 934 g/mol. The molecule has 0 radical (unpaired) electrons. The molecule has 3 fully saturated rings. The van der Waals surface area contributed by atoms with Crippen molar-refractivity contribution in [1.29, 1.82) is 0 Å². The number of carboxylic acids is 2. The highest BCUT2D eigenvalue weighted by atomic mass is 32.3. The summed E-state index contributed by atoms with van der Waals surface area (Å²) in [5.74, 6) is -8.80. The minimum atomic E-state index is -5.48. The van der Waals surface area contributed by atoms with Gasteiger partial charge in [-0.1, -0.05) is 0 Å². The third kappa shape index (κ3) is 12.1. The van der Waals surface area contributed by atoms with Crippen LogP contribution >= 0.6 is 0 Å². The summed E-state index contributed by atoms with van der Waals surface area (Å²) in [5.41, 5.74) is 0. The first-order chi connectivity index (χ1) is 28.1. The average Bonchev–Trinajstić information content (AvgIpc) is 3.13. The molecule has 0 aromatic carbocycles. The molecule has 0 aromatic heterocycles. The third-order valence-electron chi connectivity index (χ3n) is 9.08. The predicted molar refractivity (Wildman–Crippen MR) is 179 cm³/mol. The van der Waals surface area contributed by atoms with Crippen LogP contribution in [0.4, 0.5) is 0 Å². The van der Waals surface area contributed by atoms with Crippen LogP contribution in [0.5, 0.6) is 0 Å². The van der Waals surface area contributed by atoms with E-state index in [0.29, 0.717) is 0 Å². The Balaban J connectivity index is 1.72. The van der Waals surface area contributed by atoms with E-state index in [1.165, 1.54) is 0 Å². The SMILES string of the molecule is CC(=O)N[C@H]1[C@H](O[C@H]2[C@H](O)[C@@H](O)[C@H](O[C@H]3[C@@H](OS(=O)(=O)O)[C@@H](CO)OC(O)[C@@H]3NC(C)=O)O[C@@H]2C(=O)O)O[C@H](COS(=O)(=O)O)[C@H](O)[C@@H]1O[C@@H]1OC(C(=O)O)=C(O)[C@H](O)[C@H]1O. The number of carbonyl (C=O) groups excluding carboxylic acids is 2. The van der Waals surface area contributed by atoms with Gasteiger partial charge >= 0.3 is 32.7 Å². The molecule has 4 heterocycles. The lowest BCUT2D eigenvalue weighted by Gasteiger charge is -2.49. The molecular formula is C28H42N2O29S2. The fourth-order valence-electron chi connectivity index (χ4n) is 6.47. The molecular weight excluding hydrogens is 892 g/mol. The molecule has 0 bridgehead atoms. The number of aliphatic hydroxyl groups is 8. The Hall–Kier alpha value is -3.56. The smallest absolute Gasteiger partial charge is 0.397 e. The van der Waals surface area contributed by atoms with Gasteiger partial charge in [-0.15, -0.1) is 0 Å². The van der Waals surface area contributed by atoms with Crippen LogP contribution in [0.1, 0.15) is 13.8 Å². The molecule has 350 valence electrons. The number of rotatable bonds is 16. The van der Waals surface area contributed by atoms with E-state index in [2.05, 4.69) is 19.0 Å². The summed E-state index contributed by atoms with van der Waals surface area (Å²) in [5, 5.41) is 109. The van der Waals surface area contributed by atoms with Crippen molar-refractivity contribution < 1.29 is 138 Å². The Morgan fingerprint density at radius 2 is 1.25 bits per heavy atom. The van der Waals surface area contributed by atoms with Crippen LogP contribution in [0, 0.1) is 0 Å². The maximum atomic E-state index is 12.6. The van der Waals surface area contributed by atoms with Gasteiger partial charge in [0.2, 0.25) is 23.9 Å². The largest absolute Gasteiger partial charge is 0.506 e. The van der Waals surface area contributed by atoms with Gasteiger partial charge in [-0.3, -0.25) is 18.7 Å². The summed E-state index contributed by atoms with van der Waals surface area (Å²) in [7, 11) is -10.8. The summed E-state index contributed by atoms with van der Waals surface area (Å²) in [4.78, 5) is 48.7. The van der Waals surface area contributed by atoms with Gasteiger partial charge in [0, 0.05) is 13.8 Å². The fourth-order valence-corrected chi connectivity index (χ4v) is 7.29. The second-order valence-electron chi connectivity index (χ2n) is 13.4. The van der Waals surface area contributed by atoms with Crippen molar-refractivity contribution in [2.75, 3.05) is 13.2 Å². The number of hydrogen-bond acceptors (Lipinski definition) is 25. The molecule has 0 aliphatic carbocycles. The highest BCUT2D eigenvalue weighted by molar-refractivity contribution is 7.81. The fraction of sp³-hybridized carbons (Fsp3) is 0.786. The summed E-state index contributed by atoms with van der Waals surface area (Å²) in [6.07, 6.45) is -37.1. The van der Waals surface area contributed by atoms with Crippen molar-refractivity contribution in [3.8, 4) is 0 Å². The molecule has 31 nitrogen and oxygen atoms in total. The number of hydrogen-bond donors (Lipinski definition) is 14. The molecule has 4 aliphatic heterocycles. The van der Waals surface area contributed by atoms with E-state index in [1.807, 2.05) is 0 Å². The highest BCUT2D eigenvalue weighted by Crippen LogP contribution is 2.35. The molecule has 0 spiro atoms. The Labute approximate surface area is 341 Å². The molecule has 0 saturated carbocycles. The minimum Gasteiger partial charge on any atom is -0.506 e. The van der Waals surface area contributed by atoms with Crippen LogP contribution in [-0.2, 0) is 81.5 Å². The number of aliphatic carboxylic acids is 2. The van der Waals surface area contributed by atoms with Gasteiger partial charge in [0.25, 0.3) is 0 Å². The molecule has 2 amide bonds. The van der Waals surface area contributed by atoms with E-state index in [4.69, 9.17) is 33.2 Å². The second kappa shape index (κ2) is 19.9. The number of aliphatic hydroxyl groups excluding tert-OH is 8. The summed E-state index contributed by atoms with van der Waals surface area (Å²) in [6.45, 7) is -0.771. The quantitative estimate of drug-likeness (QED) is 0.0639. The van der Waals surface area contributed by atoms with E-state index in [1.54, 1.807) is 0 Å². The minimum absolute atomic E-state index is 0.846. The Kier molecular flexibility index (Phi) is 16.3. The zero-order valence-electron chi connectivity index (χ0n) is 30.9. The molecule has 14 N–H and O–H groups in total. The summed E-state index contributed by atoms with van der Waals surface area (Å²) in [6, 6.07) is -3.96. The average molecular weight is 935 g/mol. The maximum Gasteiger partial charge on any atom is 0.397 e. The van der Waals surface area contributed by atoms with Crippen LogP contribution in [0.3, 0.4) is 0 Å². The van der Waals surface area contributed by atoms with Gasteiger partial charge in [0.15, 0.2) is 30.7 Å². The molecule has 1 unspecified atom stereocenters. The molecule has 4 rings (SSSR count). The summed E-state index contributed by atoms with van der Waals surface area (Å²) >= 11 is 0. The first-order valence-electron chi connectivity index (χ1n) is 17.1. The lowest BCUT2D eigenvalue weighted by molar-refractivity contribution is -0.363. The van der Waals surface area contributed by atoms with E-state index in [-0.39, 0.29) is 0 Å². The number of amides is 2. The van der Waals surface area contributed by atoms with Gasteiger partial charge in [-0.05, 0) is 0 Å². The molecule has 18 atom stereocenters. The van der Waals surface area contributed by atoms with Crippen LogP contribution in [0.25, 0.3) is 0 Å². The molecule has 33 heteroatoms. The van der Waals surface area contributed by atoms with E-state index in [0.717, 1.165) is 13.8 Å². The van der Waals surface area contributed by atoms with Crippen LogP contribution in [-0.4, -0.2) is 224 Å². The van der Waals surface area contributed by atoms with Crippen LogP contribution in [0.2, 0.25) is 0 Å². The molecule has 61 heavy (non-hydrogen) atoms. The predicted octanol–water partition coefficient (Wildman–Crippen LogP) is -8.58. The molecule has 3 saturated heterocycles. The number of ether oxygens (including phenoxy) is 7. The Morgan fingerprint density at radius 1 is 0.672 bits per heavy atom. The molecule has 4 aliphatic rings. The maximum absolute atomic E-state index is 12.6. The van der Waals surface area contributed by atoms with Crippen LogP contribution < -0.4 is 10.6 Å². The van der Waals surface area contributed by atoms with Crippen molar-refractivity contribution in [2.24, 2.45) is 0 Å². The van der Waals surface area contributed by atoms with E-state index >= 15 is 0 Å². The van der Waals surface area contributed by atoms with Gasteiger partial charge in [0.05, 0.1) is 13.2 Å². The highest BCUT2D eigenvalue weighted by Gasteiger charge is 2.58. The van der Waals surface area contributed by atoms with Gasteiger partial charge < -0.3 is 94.9 Å². The lowest BCUT2D eigenvalue weighted by atomic mass is 9.94. The van der Waals surface area contributed by atoms with E-state index in [9.17, 15) is 96.2 Å². The standard InChI is InChI=1S/C28H42N2O29S2/c1-5(32)29-9-19(17(59-61(48,49)50)7(3-31)52-25(9)44)55-28-16(39)14(37)20(22(58-28)24(42)43)56-26-10(30-6(2)33)18(11(34)8(53-26)4-51-60(45,46)47)54-27-15(38)12(35)13(36)21(57-27)23(40)41/h7-12,14-20,22,25-28,31,34-39,44H,3-4H2,1-2H3,(H,29,32)(H,30,33)(H,40,41)(H,42,43)(H,45,46,47)(H,48,49,50)/t7-,8-,9-,10-,11+,12+,14-,15-,16-,17+,18-,19-,20+,22+,25?,26+,27-,28-/m1/s1. The normalized spacial score (nSPS) is 39.8. The zero-order valence-corrected chi connectivity index (χ0v) is 32.6. The number of carboxylic acid groups (broad SMARTS) is 2. The van der Waals surface area contributed by atoms with Crippen LogP contribution in [0.15, 0.2) is 11.5 Å². The first-order valence-corrected chi connectivity index (χ1v) is 19.9. The lowest BCUT2D eigenvalue weighted by Crippen LogP contribution is -2.70. The summed E-state index contributed by atoms with van der Waals surface area (Å²) < 4.78 is 111. The van der Waals surface area contributed by atoms with Crippen molar-refractivity contribution in [1.82, 2.24) is 10.6 Å². The Morgan fingerprint density at radius 3 is 1.77 bits per heavy atom. The third-order valence-corrected chi connectivity index (χ3v) is 9.98. The zero-order chi connectivity index (χ0) is 46.0. The van der Waals surface area contributed by atoms with Crippen molar-refractivity contribution in [3.05, 3.63) is 11.5 Å². The topological polar surface area (TPSA) is 486 Å². The van der Waals surface area contributed by atoms with Crippen molar-refractivity contribution in [3.63, 3.8) is 0 Å². The molecule has 0 aromatic rings. The van der Waals surface area contributed by atoms with E-state index < -0.39 is 180 Å². The van der Waals surface area contributed by atoms with Gasteiger partial charge in [-0.2, -0.15) is 16.8 Å². The Bertz CT molecular complexity index is 1870. The second-order valence-corrected chi connectivity index (χ2v) is 15.6.